The number of thiocarbonyl (C=S) groups is 1. The van der Waals surface area contributed by atoms with Crippen molar-refractivity contribution in [3.05, 3.63) is 43.7 Å². The fourth-order valence-corrected chi connectivity index (χ4v) is 5.29. The summed E-state index contributed by atoms with van der Waals surface area (Å²) in [7, 11) is 0. The second-order valence-electron chi connectivity index (χ2n) is 6.87. The summed E-state index contributed by atoms with van der Waals surface area (Å²) in [6.07, 6.45) is 5.54. The molecule has 1 heterocycles. The number of hydrogen-bond acceptors (Lipinski definition) is 4. The molecular weight excluding hydrogens is 520 g/mol. The Morgan fingerprint density at radius 3 is 2.26 bits per heavy atom. The highest BCUT2D eigenvalue weighted by Crippen LogP contribution is 2.38. The smallest absolute Gasteiger partial charge is 0.341 e. The Labute approximate surface area is 194 Å². The number of benzene rings is 1. The van der Waals surface area contributed by atoms with Gasteiger partial charge >= 0.3 is 5.97 Å². The summed E-state index contributed by atoms with van der Waals surface area (Å²) in [5.74, 6) is -6.95. The van der Waals surface area contributed by atoms with Gasteiger partial charge in [0.15, 0.2) is 28.4 Å². The summed E-state index contributed by atoms with van der Waals surface area (Å²) < 4.78 is 60.2. The Morgan fingerprint density at radius 1 is 1.03 bits per heavy atom. The van der Waals surface area contributed by atoms with E-state index in [-0.39, 0.29) is 11.7 Å². The maximum Gasteiger partial charge on any atom is 0.341 e. The number of carbonyl (C=O) groups excluding carboxylic acids is 1. The summed E-state index contributed by atoms with van der Waals surface area (Å²) in [6, 6.07) is 0. The van der Waals surface area contributed by atoms with E-state index in [0.717, 1.165) is 42.5 Å². The van der Waals surface area contributed by atoms with Gasteiger partial charge in [-0.1, -0.05) is 12.8 Å². The number of ether oxygens (including phenoxy) is 1. The quantitative estimate of drug-likeness (QED) is 0.149. The first kappa shape index (κ1) is 23.9. The van der Waals surface area contributed by atoms with Gasteiger partial charge in [0.1, 0.15) is 10.7 Å². The first-order valence-electron chi connectivity index (χ1n) is 9.67. The Hall–Kier alpha value is -1.72. The van der Waals surface area contributed by atoms with Crippen LogP contribution in [-0.2, 0) is 17.6 Å². The van der Waals surface area contributed by atoms with E-state index in [1.165, 1.54) is 11.3 Å². The fourth-order valence-electron chi connectivity index (χ4n) is 3.39. The van der Waals surface area contributed by atoms with E-state index in [1.807, 2.05) is 0 Å². The zero-order valence-corrected chi connectivity index (χ0v) is 19.7. The highest BCUT2D eigenvalue weighted by molar-refractivity contribution is 9.10. The number of hydrogen-bond donors (Lipinski definition) is 2. The van der Waals surface area contributed by atoms with Crippen molar-refractivity contribution in [2.24, 2.45) is 0 Å². The van der Waals surface area contributed by atoms with E-state index >= 15 is 0 Å². The molecule has 11 heteroatoms. The Balaban J connectivity index is 1.93. The normalized spacial score (nSPS) is 13.7. The van der Waals surface area contributed by atoms with Gasteiger partial charge in [-0.05, 0) is 66.3 Å². The largest absolute Gasteiger partial charge is 0.462 e. The Morgan fingerprint density at radius 2 is 1.65 bits per heavy atom. The Kier molecular flexibility index (Phi) is 7.92. The van der Waals surface area contributed by atoms with E-state index in [9.17, 15) is 22.4 Å². The first-order chi connectivity index (χ1) is 14.8. The molecule has 1 aliphatic rings. The standard InChI is InChI=1S/C20H19BrF4N2O2S2/c1-2-29-19(28)11-9-7-5-3-4-6-8-10(9)31-18(11)27-20(30)26-17-15(24)13(22)12(21)14(23)16(17)25/h2-8H2,1H3,(H2,26,27,30). The van der Waals surface area contributed by atoms with Gasteiger partial charge in [0.2, 0.25) is 0 Å². The number of rotatable bonds is 4. The summed E-state index contributed by atoms with van der Waals surface area (Å²) in [5, 5.41) is 4.96. The van der Waals surface area contributed by atoms with Crippen molar-refractivity contribution in [3.63, 3.8) is 0 Å². The lowest BCUT2D eigenvalue weighted by Crippen LogP contribution is -2.22. The van der Waals surface area contributed by atoms with Crippen LogP contribution in [0.25, 0.3) is 0 Å². The molecule has 4 nitrogen and oxygen atoms in total. The highest BCUT2D eigenvalue weighted by Gasteiger charge is 2.28. The van der Waals surface area contributed by atoms with Crippen molar-refractivity contribution in [3.8, 4) is 0 Å². The summed E-state index contributed by atoms with van der Waals surface area (Å²) in [6.45, 7) is 1.87. The molecule has 0 unspecified atom stereocenters. The number of thiophene rings is 1. The van der Waals surface area contributed by atoms with Crippen molar-refractivity contribution < 1.29 is 27.1 Å². The molecule has 0 spiro atoms. The van der Waals surface area contributed by atoms with Gasteiger partial charge in [-0.2, -0.15) is 0 Å². The predicted molar refractivity (Wildman–Crippen MR) is 120 cm³/mol. The molecular formula is C20H19BrF4N2O2S2. The van der Waals surface area contributed by atoms with Crippen LogP contribution >= 0.6 is 39.5 Å². The number of aryl methyl sites for hydroxylation is 1. The molecule has 3 rings (SSSR count). The zero-order chi connectivity index (χ0) is 22.7. The molecule has 1 aromatic heterocycles. The number of carbonyl (C=O) groups is 1. The van der Waals surface area contributed by atoms with Gasteiger partial charge in [0, 0.05) is 4.88 Å². The highest BCUT2D eigenvalue weighted by atomic mass is 79.9. The minimum atomic E-state index is -1.63. The molecule has 0 amide bonds. The van der Waals surface area contributed by atoms with Crippen molar-refractivity contribution in [1.82, 2.24) is 0 Å². The summed E-state index contributed by atoms with van der Waals surface area (Å²) in [5.41, 5.74) is 0.150. The van der Waals surface area contributed by atoms with E-state index in [0.29, 0.717) is 17.0 Å². The average Bonchev–Trinajstić information content (AvgIpc) is 3.04. The maximum absolute atomic E-state index is 14.2. The van der Waals surface area contributed by atoms with Gasteiger partial charge < -0.3 is 15.4 Å². The molecule has 0 bridgehead atoms. The molecule has 0 radical (unpaired) electrons. The molecule has 0 saturated carbocycles. The molecule has 0 fully saturated rings. The van der Waals surface area contributed by atoms with Crippen molar-refractivity contribution in [2.75, 3.05) is 17.2 Å². The maximum atomic E-state index is 14.2. The van der Waals surface area contributed by atoms with E-state index < -0.39 is 39.4 Å². The number of esters is 1. The monoisotopic (exact) mass is 538 g/mol. The average molecular weight is 539 g/mol. The van der Waals surface area contributed by atoms with E-state index in [4.69, 9.17) is 17.0 Å². The topological polar surface area (TPSA) is 50.4 Å². The van der Waals surface area contributed by atoms with Gasteiger partial charge in [-0.25, -0.2) is 22.4 Å². The molecule has 0 atom stereocenters. The zero-order valence-electron chi connectivity index (χ0n) is 16.5. The van der Waals surface area contributed by atoms with E-state index in [2.05, 4.69) is 26.6 Å². The molecule has 2 aromatic rings. The number of anilines is 2. The third-order valence-corrected chi connectivity index (χ3v) is 6.93. The minimum absolute atomic E-state index is 0.180. The van der Waals surface area contributed by atoms with Crippen LogP contribution in [0.5, 0.6) is 0 Å². The third-order valence-electron chi connectivity index (χ3n) is 4.83. The van der Waals surface area contributed by atoms with Gasteiger partial charge in [0.25, 0.3) is 0 Å². The van der Waals surface area contributed by atoms with Crippen LogP contribution < -0.4 is 10.6 Å². The van der Waals surface area contributed by atoms with Gasteiger partial charge in [-0.3, -0.25) is 0 Å². The van der Waals surface area contributed by atoms with Crippen molar-refractivity contribution in [1.29, 1.82) is 0 Å². The van der Waals surface area contributed by atoms with Gasteiger partial charge in [-0.15, -0.1) is 11.3 Å². The molecule has 2 N–H and O–H groups in total. The summed E-state index contributed by atoms with van der Waals surface area (Å²) >= 11 is 8.88. The predicted octanol–water partition coefficient (Wildman–Crippen LogP) is 6.71. The van der Waals surface area contributed by atoms with Crippen LogP contribution in [0.1, 0.15) is 53.4 Å². The fraction of sp³-hybridized carbons (Fsp3) is 0.400. The third kappa shape index (κ3) is 5.04. The molecule has 31 heavy (non-hydrogen) atoms. The van der Waals surface area contributed by atoms with Crippen LogP contribution in [-0.4, -0.2) is 17.7 Å². The van der Waals surface area contributed by atoms with Crippen molar-refractivity contribution >= 4 is 61.3 Å². The Bertz CT molecular complexity index is 1000. The SMILES string of the molecule is CCOC(=O)c1c(NC(=S)Nc2c(F)c(F)c(Br)c(F)c2F)sc2c1CCCCCC2. The van der Waals surface area contributed by atoms with Crippen LogP contribution in [0.3, 0.4) is 0 Å². The lowest BCUT2D eigenvalue weighted by molar-refractivity contribution is 0.0526. The lowest BCUT2D eigenvalue weighted by atomic mass is 9.96. The number of fused-ring (bicyclic) bond motifs is 1. The molecule has 0 saturated heterocycles. The number of nitrogens with one attached hydrogen (secondary N) is 2. The minimum Gasteiger partial charge on any atom is -0.462 e. The van der Waals surface area contributed by atoms with Crippen LogP contribution in [0, 0.1) is 23.3 Å². The summed E-state index contributed by atoms with van der Waals surface area (Å²) in [4.78, 5) is 13.6. The molecule has 0 aliphatic heterocycles. The van der Waals surface area contributed by atoms with E-state index in [1.54, 1.807) is 6.92 Å². The van der Waals surface area contributed by atoms with Crippen LogP contribution in [0.2, 0.25) is 0 Å². The van der Waals surface area contributed by atoms with Crippen LogP contribution in [0.15, 0.2) is 4.47 Å². The lowest BCUT2D eigenvalue weighted by Gasteiger charge is -2.14. The number of halogens is 5. The van der Waals surface area contributed by atoms with Crippen molar-refractivity contribution in [2.45, 2.75) is 45.4 Å². The molecule has 1 aromatic carbocycles. The second kappa shape index (κ2) is 10.3. The second-order valence-corrected chi connectivity index (χ2v) is 9.17. The van der Waals surface area contributed by atoms with Crippen LogP contribution in [0.4, 0.5) is 28.3 Å². The first-order valence-corrected chi connectivity index (χ1v) is 11.7. The molecule has 1 aliphatic carbocycles. The van der Waals surface area contributed by atoms with Gasteiger partial charge in [0.05, 0.1) is 16.6 Å². The molecule has 168 valence electrons.